The van der Waals surface area contributed by atoms with Crippen LogP contribution in [0.25, 0.3) is 0 Å². The predicted molar refractivity (Wildman–Crippen MR) is 117 cm³/mol. The van der Waals surface area contributed by atoms with E-state index in [1.165, 1.54) is 11.8 Å². The maximum Gasteiger partial charge on any atom is 0.150 e. The summed E-state index contributed by atoms with van der Waals surface area (Å²) in [4.78, 5) is 13.8. The number of thioether (sulfide) groups is 1. The first-order valence-corrected chi connectivity index (χ1v) is 10.6. The molecule has 0 heterocycles. The standard InChI is InChI=1S/C18H16Cl5NOS/c1-3-24(12-5-4-11(9-25)10(2)8-12)6-7-26-18-16(22)14(20)13(19)15(21)17(18)23/h4-5,8-9H,3,6-7H2,1-2H3. The van der Waals surface area contributed by atoms with Crippen molar-refractivity contribution in [2.45, 2.75) is 18.7 Å². The molecule has 0 spiro atoms. The maximum atomic E-state index is 11.0. The molecule has 2 aromatic rings. The molecule has 2 nitrogen and oxygen atoms in total. The average molecular weight is 472 g/mol. The molecule has 0 atom stereocenters. The predicted octanol–water partition coefficient (Wildman–Crippen LogP) is 7.69. The van der Waals surface area contributed by atoms with Gasteiger partial charge in [0.05, 0.1) is 25.1 Å². The second-order valence-electron chi connectivity index (χ2n) is 5.49. The number of carbonyl (C=O) groups is 1. The van der Waals surface area contributed by atoms with Crippen LogP contribution in [0.15, 0.2) is 23.1 Å². The van der Waals surface area contributed by atoms with Gasteiger partial charge in [0.2, 0.25) is 0 Å². The van der Waals surface area contributed by atoms with E-state index in [9.17, 15) is 4.79 Å². The molecular weight excluding hydrogens is 456 g/mol. The van der Waals surface area contributed by atoms with Gasteiger partial charge in [-0.25, -0.2) is 0 Å². The molecule has 0 saturated heterocycles. The number of anilines is 1. The third-order valence-electron chi connectivity index (χ3n) is 3.90. The summed E-state index contributed by atoms with van der Waals surface area (Å²) in [5, 5.41) is 1.19. The Bertz CT molecular complexity index is 799. The van der Waals surface area contributed by atoms with Crippen molar-refractivity contribution in [2.75, 3.05) is 23.7 Å². The molecule has 0 aromatic heterocycles. The fraction of sp³-hybridized carbons (Fsp3) is 0.278. The van der Waals surface area contributed by atoms with Crippen molar-refractivity contribution in [2.24, 2.45) is 0 Å². The van der Waals surface area contributed by atoms with Crippen molar-refractivity contribution in [3.63, 3.8) is 0 Å². The SMILES string of the molecule is CCN(CCSc1c(Cl)c(Cl)c(Cl)c(Cl)c1Cl)c1ccc(C=O)c(C)c1. The molecule has 0 amide bonds. The number of hydrogen-bond acceptors (Lipinski definition) is 3. The summed E-state index contributed by atoms with van der Waals surface area (Å²) in [6.07, 6.45) is 0.864. The van der Waals surface area contributed by atoms with Crippen LogP contribution in [0.3, 0.4) is 0 Å². The van der Waals surface area contributed by atoms with Gasteiger partial charge in [0.1, 0.15) is 6.29 Å². The van der Waals surface area contributed by atoms with Gasteiger partial charge >= 0.3 is 0 Å². The topological polar surface area (TPSA) is 20.3 Å². The number of aryl methyl sites for hydroxylation is 1. The first-order chi connectivity index (χ1) is 12.3. The lowest BCUT2D eigenvalue weighted by atomic mass is 10.1. The van der Waals surface area contributed by atoms with Crippen LogP contribution in [-0.2, 0) is 0 Å². The van der Waals surface area contributed by atoms with E-state index in [-0.39, 0.29) is 15.1 Å². The Morgan fingerprint density at radius 1 is 1.00 bits per heavy atom. The normalized spacial score (nSPS) is 10.9. The lowest BCUT2D eigenvalue weighted by molar-refractivity contribution is 0.112. The van der Waals surface area contributed by atoms with E-state index in [1.807, 2.05) is 25.1 Å². The van der Waals surface area contributed by atoms with Gasteiger partial charge in [0.25, 0.3) is 0 Å². The Labute approximate surface area is 182 Å². The van der Waals surface area contributed by atoms with E-state index >= 15 is 0 Å². The van der Waals surface area contributed by atoms with Gasteiger partial charge in [-0.1, -0.05) is 58.0 Å². The van der Waals surface area contributed by atoms with Gasteiger partial charge < -0.3 is 4.90 Å². The third kappa shape index (κ3) is 4.76. The van der Waals surface area contributed by atoms with Gasteiger partial charge in [-0.15, -0.1) is 11.8 Å². The molecule has 0 saturated carbocycles. The van der Waals surface area contributed by atoms with E-state index in [1.54, 1.807) is 0 Å². The molecule has 0 bridgehead atoms. The number of benzene rings is 2. The molecule has 2 aromatic carbocycles. The van der Waals surface area contributed by atoms with E-state index in [0.29, 0.717) is 20.5 Å². The molecule has 0 radical (unpaired) electrons. The molecule has 0 aliphatic carbocycles. The lowest BCUT2D eigenvalue weighted by Gasteiger charge is -2.24. The van der Waals surface area contributed by atoms with Crippen molar-refractivity contribution in [3.05, 3.63) is 54.4 Å². The minimum atomic E-state index is 0.161. The van der Waals surface area contributed by atoms with Crippen LogP contribution < -0.4 is 4.90 Å². The average Bonchev–Trinajstić information content (AvgIpc) is 2.64. The van der Waals surface area contributed by atoms with Gasteiger partial charge in [-0.3, -0.25) is 4.79 Å². The summed E-state index contributed by atoms with van der Waals surface area (Å²) in [5.41, 5.74) is 2.70. The quantitative estimate of drug-likeness (QED) is 0.179. The summed E-state index contributed by atoms with van der Waals surface area (Å²) in [6, 6.07) is 5.79. The zero-order valence-corrected chi connectivity index (χ0v) is 18.7. The van der Waals surface area contributed by atoms with Crippen molar-refractivity contribution in [1.29, 1.82) is 0 Å². The van der Waals surface area contributed by atoms with Gasteiger partial charge in [0.15, 0.2) is 0 Å². The Hall–Kier alpha value is -0.290. The molecule has 0 aliphatic heterocycles. The van der Waals surface area contributed by atoms with Crippen LogP contribution in [0.2, 0.25) is 25.1 Å². The van der Waals surface area contributed by atoms with Crippen LogP contribution in [0.5, 0.6) is 0 Å². The first kappa shape index (κ1) is 22.0. The van der Waals surface area contributed by atoms with E-state index < -0.39 is 0 Å². The highest BCUT2D eigenvalue weighted by Crippen LogP contribution is 2.47. The minimum absolute atomic E-state index is 0.161. The van der Waals surface area contributed by atoms with Gasteiger partial charge in [-0.05, 0) is 37.6 Å². The zero-order valence-electron chi connectivity index (χ0n) is 14.1. The Morgan fingerprint density at radius 2 is 1.58 bits per heavy atom. The van der Waals surface area contributed by atoms with E-state index in [4.69, 9.17) is 58.0 Å². The molecule has 2 rings (SSSR count). The van der Waals surface area contributed by atoms with Crippen molar-refractivity contribution < 1.29 is 4.79 Å². The van der Waals surface area contributed by atoms with Crippen LogP contribution >= 0.6 is 69.8 Å². The summed E-state index contributed by atoms with van der Waals surface area (Å²) in [7, 11) is 0. The van der Waals surface area contributed by atoms with E-state index in [0.717, 1.165) is 36.4 Å². The van der Waals surface area contributed by atoms with E-state index in [2.05, 4.69) is 11.8 Å². The fourth-order valence-corrected chi connectivity index (χ4v) is 4.98. The summed E-state index contributed by atoms with van der Waals surface area (Å²) >= 11 is 32.2. The van der Waals surface area contributed by atoms with Crippen LogP contribution in [0.4, 0.5) is 5.69 Å². The smallest absolute Gasteiger partial charge is 0.150 e. The number of halogens is 5. The van der Waals surface area contributed by atoms with Gasteiger partial charge in [-0.2, -0.15) is 0 Å². The van der Waals surface area contributed by atoms with Crippen molar-refractivity contribution >= 4 is 81.7 Å². The number of hydrogen-bond donors (Lipinski definition) is 0. The lowest BCUT2D eigenvalue weighted by Crippen LogP contribution is -2.25. The minimum Gasteiger partial charge on any atom is -0.371 e. The number of rotatable bonds is 7. The molecule has 0 aliphatic rings. The Kier molecular flexibility index (Phi) is 8.27. The molecule has 26 heavy (non-hydrogen) atoms. The summed E-state index contributed by atoms with van der Waals surface area (Å²) < 4.78 is 0. The van der Waals surface area contributed by atoms with Crippen molar-refractivity contribution in [1.82, 2.24) is 0 Å². The second kappa shape index (κ2) is 9.77. The highest BCUT2D eigenvalue weighted by molar-refractivity contribution is 7.99. The second-order valence-corrected chi connectivity index (χ2v) is 8.48. The molecule has 0 fully saturated rings. The maximum absolute atomic E-state index is 11.0. The Balaban J connectivity index is 2.13. The highest BCUT2D eigenvalue weighted by atomic mass is 35.5. The monoisotopic (exact) mass is 469 g/mol. The zero-order chi connectivity index (χ0) is 19.4. The highest BCUT2D eigenvalue weighted by Gasteiger charge is 2.19. The number of nitrogens with zero attached hydrogens (tertiary/aromatic N) is 1. The third-order valence-corrected chi connectivity index (χ3v) is 7.49. The number of carbonyl (C=O) groups excluding carboxylic acids is 1. The van der Waals surface area contributed by atoms with Crippen LogP contribution in [-0.4, -0.2) is 25.1 Å². The first-order valence-electron chi connectivity index (χ1n) is 7.76. The molecule has 140 valence electrons. The largest absolute Gasteiger partial charge is 0.371 e. The van der Waals surface area contributed by atoms with Crippen molar-refractivity contribution in [3.8, 4) is 0 Å². The van der Waals surface area contributed by atoms with Gasteiger partial charge in [0, 0.05) is 35.0 Å². The summed E-state index contributed by atoms with van der Waals surface area (Å²) in [5.74, 6) is 0.718. The van der Waals surface area contributed by atoms with Crippen LogP contribution in [0, 0.1) is 6.92 Å². The Morgan fingerprint density at radius 3 is 2.08 bits per heavy atom. The van der Waals surface area contributed by atoms with Crippen LogP contribution in [0.1, 0.15) is 22.8 Å². The molecule has 8 heteroatoms. The molecule has 0 unspecified atom stereocenters. The fourth-order valence-electron chi connectivity index (χ4n) is 2.43. The molecule has 0 N–H and O–H groups in total. The number of aldehydes is 1. The summed E-state index contributed by atoms with van der Waals surface area (Å²) in [6.45, 7) is 5.58. The molecular formula is C18H16Cl5NOS.